The topological polar surface area (TPSA) is 66.5 Å². The van der Waals surface area contributed by atoms with Gasteiger partial charge in [-0.1, -0.05) is 23.8 Å². The predicted molar refractivity (Wildman–Crippen MR) is 97.6 cm³/mol. The normalized spacial score (nSPS) is 16.2. The molecule has 132 valence electrons. The van der Waals surface area contributed by atoms with Crippen LogP contribution in [0.1, 0.15) is 17.2 Å². The SMILES string of the molecule is Cc1ccc(NC(=O)NC[C@@H](c2cccnc2)N2CCOCC2)cc1. The minimum atomic E-state index is -0.203. The van der Waals surface area contributed by atoms with Crippen LogP contribution in [-0.2, 0) is 4.74 Å². The van der Waals surface area contributed by atoms with Crippen LogP contribution in [0.5, 0.6) is 0 Å². The highest BCUT2D eigenvalue weighted by atomic mass is 16.5. The van der Waals surface area contributed by atoms with E-state index in [2.05, 4.69) is 20.5 Å². The molecule has 0 spiro atoms. The number of aryl methyl sites for hydroxylation is 1. The van der Waals surface area contributed by atoms with Gasteiger partial charge in [-0.05, 0) is 30.7 Å². The third kappa shape index (κ3) is 5.01. The van der Waals surface area contributed by atoms with E-state index in [1.165, 1.54) is 0 Å². The van der Waals surface area contributed by atoms with Crippen LogP contribution in [0.3, 0.4) is 0 Å². The van der Waals surface area contributed by atoms with Crippen LogP contribution in [0, 0.1) is 6.92 Å². The molecule has 6 nitrogen and oxygen atoms in total. The number of anilines is 1. The van der Waals surface area contributed by atoms with Gasteiger partial charge in [0.15, 0.2) is 0 Å². The molecule has 2 aromatic rings. The van der Waals surface area contributed by atoms with E-state index >= 15 is 0 Å². The number of ether oxygens (including phenoxy) is 1. The Labute approximate surface area is 148 Å². The Morgan fingerprint density at radius 1 is 1.24 bits per heavy atom. The monoisotopic (exact) mass is 340 g/mol. The van der Waals surface area contributed by atoms with Crippen molar-refractivity contribution in [2.45, 2.75) is 13.0 Å². The largest absolute Gasteiger partial charge is 0.379 e. The van der Waals surface area contributed by atoms with Gasteiger partial charge in [0.25, 0.3) is 0 Å². The molecule has 6 heteroatoms. The van der Waals surface area contributed by atoms with Gasteiger partial charge < -0.3 is 15.4 Å². The van der Waals surface area contributed by atoms with Crippen LogP contribution in [0.2, 0.25) is 0 Å². The van der Waals surface area contributed by atoms with Crippen molar-refractivity contribution in [3.05, 3.63) is 59.9 Å². The molecule has 1 aromatic carbocycles. The van der Waals surface area contributed by atoms with Crippen molar-refractivity contribution in [3.63, 3.8) is 0 Å². The number of pyridine rings is 1. The lowest BCUT2D eigenvalue weighted by Gasteiger charge is -2.34. The summed E-state index contributed by atoms with van der Waals surface area (Å²) in [4.78, 5) is 18.8. The van der Waals surface area contributed by atoms with E-state index in [0.717, 1.165) is 29.9 Å². The van der Waals surface area contributed by atoms with Crippen LogP contribution in [0.15, 0.2) is 48.8 Å². The van der Waals surface area contributed by atoms with E-state index in [4.69, 9.17) is 4.74 Å². The fraction of sp³-hybridized carbons (Fsp3) is 0.368. The molecule has 1 aromatic heterocycles. The molecule has 2 heterocycles. The van der Waals surface area contributed by atoms with Gasteiger partial charge >= 0.3 is 6.03 Å². The molecule has 0 aliphatic carbocycles. The highest BCUT2D eigenvalue weighted by Crippen LogP contribution is 2.20. The molecule has 1 atom stereocenters. The molecule has 0 bridgehead atoms. The first-order chi connectivity index (χ1) is 12.2. The van der Waals surface area contributed by atoms with Gasteiger partial charge in [-0.2, -0.15) is 0 Å². The zero-order valence-electron chi connectivity index (χ0n) is 14.4. The standard InChI is InChI=1S/C19H24N4O2/c1-15-4-6-17(7-5-15)22-19(24)21-14-18(16-3-2-8-20-13-16)23-9-11-25-12-10-23/h2-8,13,18H,9-12,14H2,1H3,(H2,21,22,24)/t18-/m0/s1. The molecule has 1 fully saturated rings. The van der Waals surface area contributed by atoms with Crippen molar-refractivity contribution in [3.8, 4) is 0 Å². The van der Waals surface area contributed by atoms with E-state index in [1.807, 2.05) is 49.5 Å². The molecule has 3 rings (SSSR count). The fourth-order valence-corrected chi connectivity index (χ4v) is 2.92. The summed E-state index contributed by atoms with van der Waals surface area (Å²) < 4.78 is 5.44. The number of rotatable bonds is 5. The van der Waals surface area contributed by atoms with Crippen molar-refractivity contribution in [2.75, 3.05) is 38.2 Å². The van der Waals surface area contributed by atoms with E-state index < -0.39 is 0 Å². The number of carbonyl (C=O) groups is 1. The molecular formula is C19H24N4O2. The summed E-state index contributed by atoms with van der Waals surface area (Å²) in [7, 11) is 0. The average Bonchev–Trinajstić information content (AvgIpc) is 2.66. The molecule has 2 N–H and O–H groups in total. The second kappa shape index (κ2) is 8.60. The number of amides is 2. The summed E-state index contributed by atoms with van der Waals surface area (Å²) in [5, 5.41) is 5.85. The highest BCUT2D eigenvalue weighted by Gasteiger charge is 2.23. The second-order valence-corrected chi connectivity index (χ2v) is 6.15. The van der Waals surface area contributed by atoms with Gasteiger partial charge in [0, 0.05) is 37.7 Å². The predicted octanol–water partition coefficient (Wildman–Crippen LogP) is 2.59. The minimum Gasteiger partial charge on any atom is -0.379 e. The van der Waals surface area contributed by atoms with Crippen LogP contribution in [-0.4, -0.2) is 48.8 Å². The maximum atomic E-state index is 12.2. The quantitative estimate of drug-likeness (QED) is 0.878. The summed E-state index contributed by atoms with van der Waals surface area (Å²) in [5.41, 5.74) is 3.04. The lowest BCUT2D eigenvalue weighted by Crippen LogP contribution is -2.44. The highest BCUT2D eigenvalue weighted by molar-refractivity contribution is 5.89. The van der Waals surface area contributed by atoms with E-state index in [9.17, 15) is 4.79 Å². The number of carbonyl (C=O) groups excluding carboxylic acids is 1. The number of nitrogens with one attached hydrogen (secondary N) is 2. The molecule has 0 unspecified atom stereocenters. The Morgan fingerprint density at radius 2 is 2.00 bits per heavy atom. The fourth-order valence-electron chi connectivity index (χ4n) is 2.92. The zero-order valence-corrected chi connectivity index (χ0v) is 14.4. The van der Waals surface area contributed by atoms with Gasteiger partial charge in [0.05, 0.1) is 19.3 Å². The Bertz CT molecular complexity index is 670. The minimum absolute atomic E-state index is 0.0846. The number of benzene rings is 1. The molecule has 1 aliphatic heterocycles. The number of hydrogen-bond donors (Lipinski definition) is 2. The third-order valence-electron chi connectivity index (χ3n) is 4.32. The summed E-state index contributed by atoms with van der Waals surface area (Å²) in [6.07, 6.45) is 3.62. The Hall–Kier alpha value is -2.44. The number of aromatic nitrogens is 1. The van der Waals surface area contributed by atoms with Gasteiger partial charge in [-0.3, -0.25) is 9.88 Å². The third-order valence-corrected chi connectivity index (χ3v) is 4.32. The Kier molecular flexibility index (Phi) is 5.98. The summed E-state index contributed by atoms with van der Waals surface area (Å²) >= 11 is 0. The van der Waals surface area contributed by atoms with Crippen molar-refractivity contribution >= 4 is 11.7 Å². The van der Waals surface area contributed by atoms with E-state index in [1.54, 1.807) is 6.20 Å². The Morgan fingerprint density at radius 3 is 2.68 bits per heavy atom. The smallest absolute Gasteiger partial charge is 0.319 e. The molecular weight excluding hydrogens is 316 g/mol. The van der Waals surface area contributed by atoms with Gasteiger partial charge in [-0.15, -0.1) is 0 Å². The first kappa shape index (κ1) is 17.4. The van der Waals surface area contributed by atoms with E-state index in [0.29, 0.717) is 19.8 Å². The van der Waals surface area contributed by atoms with Crippen molar-refractivity contribution < 1.29 is 9.53 Å². The number of nitrogens with zero attached hydrogens (tertiary/aromatic N) is 2. The molecule has 1 aliphatic rings. The van der Waals surface area contributed by atoms with Crippen molar-refractivity contribution in [2.24, 2.45) is 0 Å². The number of hydrogen-bond acceptors (Lipinski definition) is 4. The first-order valence-electron chi connectivity index (χ1n) is 8.55. The van der Waals surface area contributed by atoms with Crippen LogP contribution >= 0.6 is 0 Å². The number of urea groups is 1. The van der Waals surface area contributed by atoms with Crippen LogP contribution in [0.4, 0.5) is 10.5 Å². The molecule has 0 saturated carbocycles. The second-order valence-electron chi connectivity index (χ2n) is 6.15. The van der Waals surface area contributed by atoms with Crippen molar-refractivity contribution in [1.82, 2.24) is 15.2 Å². The summed E-state index contributed by atoms with van der Waals surface area (Å²) in [6.45, 7) is 5.66. The zero-order chi connectivity index (χ0) is 17.5. The van der Waals surface area contributed by atoms with Gasteiger partial charge in [0.1, 0.15) is 0 Å². The van der Waals surface area contributed by atoms with Crippen molar-refractivity contribution in [1.29, 1.82) is 0 Å². The number of morpholine rings is 1. The van der Waals surface area contributed by atoms with Crippen LogP contribution < -0.4 is 10.6 Å². The first-order valence-corrected chi connectivity index (χ1v) is 8.55. The lowest BCUT2D eigenvalue weighted by molar-refractivity contribution is 0.0167. The molecule has 2 amide bonds. The van der Waals surface area contributed by atoms with Gasteiger partial charge in [0.2, 0.25) is 0 Å². The van der Waals surface area contributed by atoms with Gasteiger partial charge in [-0.25, -0.2) is 4.79 Å². The maximum Gasteiger partial charge on any atom is 0.319 e. The van der Waals surface area contributed by atoms with E-state index in [-0.39, 0.29) is 12.1 Å². The maximum absolute atomic E-state index is 12.2. The molecule has 1 saturated heterocycles. The lowest BCUT2D eigenvalue weighted by atomic mass is 10.1. The summed E-state index contributed by atoms with van der Waals surface area (Å²) in [6, 6.07) is 11.6. The average molecular weight is 340 g/mol. The Balaban J connectivity index is 1.61. The van der Waals surface area contributed by atoms with Crippen LogP contribution in [0.25, 0.3) is 0 Å². The summed E-state index contributed by atoms with van der Waals surface area (Å²) in [5.74, 6) is 0. The molecule has 25 heavy (non-hydrogen) atoms. The molecule has 0 radical (unpaired) electrons.